The number of carbonyl (C=O) groups excluding carboxylic acids is 1. The summed E-state index contributed by atoms with van der Waals surface area (Å²) in [7, 11) is 2.19. The number of carbonyl (C=O) groups is 1. The summed E-state index contributed by atoms with van der Waals surface area (Å²) in [4.78, 5) is 14.3. The third-order valence-corrected chi connectivity index (χ3v) is 4.56. The van der Waals surface area contributed by atoms with Gasteiger partial charge in [-0.15, -0.1) is 0 Å². The predicted octanol–water partition coefficient (Wildman–Crippen LogP) is 3.44. The first-order valence-corrected chi connectivity index (χ1v) is 7.93. The van der Waals surface area contributed by atoms with Crippen LogP contribution in [0.15, 0.2) is 6.07 Å². The van der Waals surface area contributed by atoms with E-state index in [0.29, 0.717) is 11.8 Å². The maximum Gasteiger partial charge on any atom is 0.164 e. The van der Waals surface area contributed by atoms with Gasteiger partial charge in [-0.25, -0.2) is 0 Å². The minimum Gasteiger partial charge on any atom is -0.348 e. The zero-order valence-electron chi connectivity index (χ0n) is 13.4. The van der Waals surface area contributed by atoms with Gasteiger partial charge >= 0.3 is 0 Å². The standard InChI is InChI=1S/C17H28N2O/c1-13(2)18(4)10-5-6-11-19-14(3)12-15-16(19)8-7-9-17(15)20/h12-13H,5-11H2,1-4H3. The molecule has 0 radical (unpaired) electrons. The van der Waals surface area contributed by atoms with Crippen molar-refractivity contribution in [3.05, 3.63) is 23.0 Å². The van der Waals surface area contributed by atoms with E-state index in [-0.39, 0.29) is 0 Å². The van der Waals surface area contributed by atoms with Crippen molar-refractivity contribution in [2.24, 2.45) is 0 Å². The zero-order valence-corrected chi connectivity index (χ0v) is 13.4. The van der Waals surface area contributed by atoms with Crippen LogP contribution in [-0.4, -0.2) is 34.9 Å². The Morgan fingerprint density at radius 2 is 2.05 bits per heavy atom. The molecule has 1 aliphatic rings. The molecule has 0 aromatic carbocycles. The van der Waals surface area contributed by atoms with Crippen LogP contribution in [0.25, 0.3) is 0 Å². The van der Waals surface area contributed by atoms with Crippen LogP contribution in [0.5, 0.6) is 0 Å². The van der Waals surface area contributed by atoms with Crippen molar-refractivity contribution in [3.63, 3.8) is 0 Å². The van der Waals surface area contributed by atoms with Gasteiger partial charge in [0.25, 0.3) is 0 Å². The molecule has 1 heterocycles. The van der Waals surface area contributed by atoms with E-state index in [1.54, 1.807) is 0 Å². The number of unbranched alkanes of at least 4 members (excludes halogenated alkanes) is 1. The second-order valence-electron chi connectivity index (χ2n) is 6.36. The first kappa shape index (κ1) is 15.3. The number of hydrogen-bond acceptors (Lipinski definition) is 2. The van der Waals surface area contributed by atoms with Gasteiger partial charge in [0.2, 0.25) is 0 Å². The second-order valence-corrected chi connectivity index (χ2v) is 6.36. The Hall–Kier alpha value is -1.09. The minimum atomic E-state index is 0.340. The van der Waals surface area contributed by atoms with Gasteiger partial charge in [0.15, 0.2) is 5.78 Å². The first-order chi connectivity index (χ1) is 9.50. The lowest BCUT2D eigenvalue weighted by Crippen LogP contribution is -2.27. The number of Topliss-reactive ketones (excluding diaryl/α,β-unsaturated/α-hetero) is 1. The lowest BCUT2D eigenvalue weighted by atomic mass is 9.96. The van der Waals surface area contributed by atoms with Crippen molar-refractivity contribution in [1.82, 2.24) is 9.47 Å². The van der Waals surface area contributed by atoms with Crippen molar-refractivity contribution in [3.8, 4) is 0 Å². The molecule has 3 nitrogen and oxygen atoms in total. The van der Waals surface area contributed by atoms with Crippen molar-refractivity contribution < 1.29 is 4.79 Å². The monoisotopic (exact) mass is 276 g/mol. The number of aryl methyl sites for hydroxylation is 1. The number of rotatable bonds is 6. The molecule has 0 amide bonds. The molecule has 2 rings (SSSR count). The molecule has 0 fully saturated rings. The summed E-state index contributed by atoms with van der Waals surface area (Å²) >= 11 is 0. The largest absolute Gasteiger partial charge is 0.348 e. The van der Waals surface area contributed by atoms with Crippen molar-refractivity contribution in [1.29, 1.82) is 0 Å². The molecule has 0 atom stereocenters. The molecule has 0 saturated carbocycles. The fourth-order valence-corrected chi connectivity index (χ4v) is 2.99. The third-order valence-electron chi connectivity index (χ3n) is 4.56. The Labute approximate surface area is 123 Å². The highest BCUT2D eigenvalue weighted by Gasteiger charge is 2.22. The molecule has 1 aromatic heterocycles. The van der Waals surface area contributed by atoms with Gasteiger partial charge in [0.1, 0.15) is 0 Å². The summed E-state index contributed by atoms with van der Waals surface area (Å²) in [6.07, 6.45) is 5.23. The maximum absolute atomic E-state index is 11.9. The average Bonchev–Trinajstić information content (AvgIpc) is 2.72. The number of hydrogen-bond donors (Lipinski definition) is 0. The maximum atomic E-state index is 11.9. The van der Waals surface area contributed by atoms with Crippen molar-refractivity contribution in [2.75, 3.05) is 13.6 Å². The molecule has 1 aromatic rings. The predicted molar refractivity (Wildman–Crippen MR) is 83.4 cm³/mol. The van der Waals surface area contributed by atoms with Gasteiger partial charge in [-0.1, -0.05) is 0 Å². The molecular formula is C17H28N2O. The lowest BCUT2D eigenvalue weighted by Gasteiger charge is -2.21. The molecule has 0 N–H and O–H groups in total. The van der Waals surface area contributed by atoms with Gasteiger partial charge < -0.3 is 9.47 Å². The number of nitrogens with zero attached hydrogens (tertiary/aromatic N) is 2. The molecule has 0 aliphatic heterocycles. The van der Waals surface area contributed by atoms with Gasteiger partial charge in [-0.2, -0.15) is 0 Å². The van der Waals surface area contributed by atoms with Gasteiger partial charge in [-0.3, -0.25) is 4.79 Å². The Kier molecular flexibility index (Phi) is 5.03. The van der Waals surface area contributed by atoms with Crippen LogP contribution in [-0.2, 0) is 13.0 Å². The lowest BCUT2D eigenvalue weighted by molar-refractivity contribution is 0.0971. The molecule has 0 saturated heterocycles. The molecule has 0 spiro atoms. The van der Waals surface area contributed by atoms with Crippen molar-refractivity contribution >= 4 is 5.78 Å². The fraction of sp³-hybridized carbons (Fsp3) is 0.706. The Bertz CT molecular complexity index is 474. The minimum absolute atomic E-state index is 0.340. The van der Waals surface area contributed by atoms with Gasteiger partial charge in [0, 0.05) is 36.0 Å². The summed E-state index contributed by atoms with van der Waals surface area (Å²) < 4.78 is 2.38. The fourth-order valence-electron chi connectivity index (χ4n) is 2.99. The van der Waals surface area contributed by atoms with Crippen LogP contribution in [0.3, 0.4) is 0 Å². The highest BCUT2D eigenvalue weighted by atomic mass is 16.1. The summed E-state index contributed by atoms with van der Waals surface area (Å²) in [6, 6.07) is 2.71. The van der Waals surface area contributed by atoms with Gasteiger partial charge in [0.05, 0.1) is 0 Å². The summed E-state index contributed by atoms with van der Waals surface area (Å²) in [5, 5.41) is 0. The van der Waals surface area contributed by atoms with E-state index < -0.39 is 0 Å². The van der Waals surface area contributed by atoms with Crippen LogP contribution >= 0.6 is 0 Å². The van der Waals surface area contributed by atoms with Crippen LogP contribution in [0.1, 0.15) is 61.3 Å². The molecule has 20 heavy (non-hydrogen) atoms. The Balaban J connectivity index is 1.92. The topological polar surface area (TPSA) is 25.2 Å². The number of fused-ring (bicyclic) bond motifs is 1. The molecular weight excluding hydrogens is 248 g/mol. The highest BCUT2D eigenvalue weighted by molar-refractivity contribution is 5.98. The summed E-state index contributed by atoms with van der Waals surface area (Å²) in [5.74, 6) is 0.340. The first-order valence-electron chi connectivity index (χ1n) is 7.93. The quantitative estimate of drug-likeness (QED) is 0.744. The van der Waals surface area contributed by atoms with E-state index in [2.05, 4.69) is 43.4 Å². The van der Waals surface area contributed by atoms with Crippen LogP contribution in [0.2, 0.25) is 0 Å². The third kappa shape index (κ3) is 3.32. The molecule has 0 unspecified atom stereocenters. The zero-order chi connectivity index (χ0) is 14.7. The van der Waals surface area contributed by atoms with E-state index >= 15 is 0 Å². The highest BCUT2D eigenvalue weighted by Crippen LogP contribution is 2.25. The van der Waals surface area contributed by atoms with E-state index in [1.165, 1.54) is 24.2 Å². The number of aromatic nitrogens is 1. The average molecular weight is 276 g/mol. The number of ketones is 1. The van der Waals surface area contributed by atoms with Crippen molar-refractivity contribution in [2.45, 2.75) is 65.5 Å². The molecule has 0 bridgehead atoms. The SMILES string of the molecule is Cc1cc2c(n1CCCCN(C)C(C)C)CCCC2=O. The van der Waals surface area contributed by atoms with E-state index in [4.69, 9.17) is 0 Å². The second kappa shape index (κ2) is 6.57. The smallest absolute Gasteiger partial charge is 0.164 e. The molecule has 1 aliphatic carbocycles. The van der Waals surface area contributed by atoms with Crippen LogP contribution in [0.4, 0.5) is 0 Å². The Morgan fingerprint density at radius 1 is 1.30 bits per heavy atom. The van der Waals surface area contributed by atoms with E-state index in [9.17, 15) is 4.79 Å². The van der Waals surface area contributed by atoms with Gasteiger partial charge in [-0.05, 0) is 66.1 Å². The normalized spacial score (nSPS) is 15.2. The summed E-state index contributed by atoms with van der Waals surface area (Å²) in [6.45, 7) is 8.81. The van der Waals surface area contributed by atoms with Crippen LogP contribution < -0.4 is 0 Å². The van der Waals surface area contributed by atoms with E-state index in [0.717, 1.165) is 37.9 Å². The van der Waals surface area contributed by atoms with Crippen LogP contribution in [0, 0.1) is 6.92 Å². The summed E-state index contributed by atoms with van der Waals surface area (Å²) in [5.41, 5.74) is 3.53. The van der Waals surface area contributed by atoms with E-state index in [1.807, 2.05) is 0 Å². The molecule has 3 heteroatoms. The Morgan fingerprint density at radius 3 is 2.75 bits per heavy atom. The molecule has 112 valence electrons.